The summed E-state index contributed by atoms with van der Waals surface area (Å²) in [5.41, 5.74) is 5.66. The van der Waals surface area contributed by atoms with Crippen molar-refractivity contribution in [2.75, 3.05) is 0 Å². The zero-order valence-corrected chi connectivity index (χ0v) is 12.1. The highest BCUT2D eigenvalue weighted by Crippen LogP contribution is 2.12. The van der Waals surface area contributed by atoms with Gasteiger partial charge in [-0.1, -0.05) is 45.4 Å². The second-order valence-corrected chi connectivity index (χ2v) is 5.90. The number of ketones is 1. The zero-order valence-electron chi connectivity index (χ0n) is 12.1. The van der Waals surface area contributed by atoms with Gasteiger partial charge in [0.15, 0.2) is 0 Å². The van der Waals surface area contributed by atoms with Crippen molar-refractivity contribution >= 4 is 5.78 Å². The molecule has 0 aliphatic carbocycles. The Bertz CT molecular complexity index is 194. The second-order valence-electron chi connectivity index (χ2n) is 5.90. The SMILES string of the molecule is CCCCCCCCCC(=O)CCC(C)(C)N. The average molecular weight is 241 g/mol. The molecule has 2 heteroatoms. The van der Waals surface area contributed by atoms with Gasteiger partial charge in [-0.3, -0.25) is 4.79 Å². The highest BCUT2D eigenvalue weighted by molar-refractivity contribution is 5.78. The van der Waals surface area contributed by atoms with E-state index in [9.17, 15) is 4.79 Å². The molecule has 2 N–H and O–H groups in total. The Morgan fingerprint density at radius 2 is 1.47 bits per heavy atom. The lowest BCUT2D eigenvalue weighted by molar-refractivity contribution is -0.119. The fourth-order valence-corrected chi connectivity index (χ4v) is 1.87. The van der Waals surface area contributed by atoms with Crippen molar-refractivity contribution in [2.45, 2.75) is 90.5 Å². The molecule has 0 spiro atoms. The van der Waals surface area contributed by atoms with E-state index < -0.39 is 0 Å². The van der Waals surface area contributed by atoms with Crippen LogP contribution in [0.2, 0.25) is 0 Å². The van der Waals surface area contributed by atoms with Gasteiger partial charge < -0.3 is 5.73 Å². The Labute approximate surface area is 107 Å². The fourth-order valence-electron chi connectivity index (χ4n) is 1.87. The lowest BCUT2D eigenvalue weighted by Crippen LogP contribution is -2.32. The predicted molar refractivity (Wildman–Crippen MR) is 75.1 cm³/mol. The van der Waals surface area contributed by atoms with Crippen molar-refractivity contribution in [3.05, 3.63) is 0 Å². The van der Waals surface area contributed by atoms with Crippen LogP contribution in [-0.2, 0) is 4.79 Å². The van der Waals surface area contributed by atoms with E-state index in [1.165, 1.54) is 38.5 Å². The third kappa shape index (κ3) is 13.6. The molecule has 0 aromatic heterocycles. The lowest BCUT2D eigenvalue weighted by Gasteiger charge is -2.17. The molecule has 0 aliphatic heterocycles. The number of unbranched alkanes of at least 4 members (excludes halogenated alkanes) is 6. The molecule has 0 heterocycles. The first-order valence-electron chi connectivity index (χ1n) is 7.26. The molecule has 0 aromatic rings. The summed E-state index contributed by atoms with van der Waals surface area (Å²) in [6, 6.07) is 0. The van der Waals surface area contributed by atoms with Crippen molar-refractivity contribution in [3.63, 3.8) is 0 Å². The first-order valence-corrected chi connectivity index (χ1v) is 7.26. The molecule has 2 nitrogen and oxygen atoms in total. The van der Waals surface area contributed by atoms with Crippen LogP contribution in [0.5, 0.6) is 0 Å². The van der Waals surface area contributed by atoms with Crippen LogP contribution in [0.1, 0.15) is 85.0 Å². The summed E-state index contributed by atoms with van der Waals surface area (Å²) in [6.45, 7) is 6.19. The maximum absolute atomic E-state index is 11.6. The van der Waals surface area contributed by atoms with E-state index in [1.54, 1.807) is 0 Å². The molecule has 0 atom stereocenters. The average Bonchev–Trinajstić information content (AvgIpc) is 2.24. The number of carbonyl (C=O) groups is 1. The Morgan fingerprint density at radius 3 is 2.00 bits per heavy atom. The number of Topliss-reactive ketones (excluding diaryl/α,β-unsaturated/α-hetero) is 1. The van der Waals surface area contributed by atoms with E-state index in [0.717, 1.165) is 19.3 Å². The van der Waals surface area contributed by atoms with Crippen molar-refractivity contribution < 1.29 is 4.79 Å². The van der Waals surface area contributed by atoms with Crippen LogP contribution in [0, 0.1) is 0 Å². The smallest absolute Gasteiger partial charge is 0.132 e. The summed E-state index contributed by atoms with van der Waals surface area (Å²) in [7, 11) is 0. The minimum Gasteiger partial charge on any atom is -0.326 e. The van der Waals surface area contributed by atoms with Gasteiger partial charge in [-0.2, -0.15) is 0 Å². The van der Waals surface area contributed by atoms with Gasteiger partial charge in [0.1, 0.15) is 5.78 Å². The first-order chi connectivity index (χ1) is 7.95. The van der Waals surface area contributed by atoms with E-state index >= 15 is 0 Å². The van der Waals surface area contributed by atoms with E-state index in [1.807, 2.05) is 13.8 Å². The third-order valence-electron chi connectivity index (χ3n) is 3.11. The molecule has 0 aliphatic rings. The monoisotopic (exact) mass is 241 g/mol. The predicted octanol–water partition coefficient (Wildman–Crippen LogP) is 4.21. The Kier molecular flexibility index (Phi) is 9.43. The molecule has 0 unspecified atom stereocenters. The van der Waals surface area contributed by atoms with Crippen molar-refractivity contribution in [1.82, 2.24) is 0 Å². The highest BCUT2D eigenvalue weighted by atomic mass is 16.1. The van der Waals surface area contributed by atoms with Crippen molar-refractivity contribution in [3.8, 4) is 0 Å². The molecule has 0 aromatic carbocycles. The van der Waals surface area contributed by atoms with Crippen LogP contribution in [0.15, 0.2) is 0 Å². The Balaban J connectivity index is 3.28. The summed E-state index contributed by atoms with van der Waals surface area (Å²) in [4.78, 5) is 11.6. The summed E-state index contributed by atoms with van der Waals surface area (Å²) in [5.74, 6) is 0.386. The molecule has 0 radical (unpaired) electrons. The minimum atomic E-state index is -0.199. The van der Waals surface area contributed by atoms with Gasteiger partial charge in [-0.15, -0.1) is 0 Å². The molecular formula is C15H31NO. The van der Waals surface area contributed by atoms with Gasteiger partial charge in [0, 0.05) is 18.4 Å². The van der Waals surface area contributed by atoms with Gasteiger partial charge in [-0.05, 0) is 26.7 Å². The highest BCUT2D eigenvalue weighted by Gasteiger charge is 2.12. The standard InChI is InChI=1S/C15H31NO/c1-4-5-6-7-8-9-10-11-14(17)12-13-15(2,3)16/h4-13,16H2,1-3H3. The van der Waals surface area contributed by atoms with Crippen LogP contribution < -0.4 is 5.73 Å². The number of hydrogen-bond donors (Lipinski definition) is 1. The quantitative estimate of drug-likeness (QED) is 0.550. The molecule has 17 heavy (non-hydrogen) atoms. The molecule has 0 saturated heterocycles. The summed E-state index contributed by atoms with van der Waals surface area (Å²) < 4.78 is 0. The molecule has 0 rings (SSSR count). The van der Waals surface area contributed by atoms with E-state index in [2.05, 4.69) is 6.92 Å². The zero-order chi connectivity index (χ0) is 13.1. The second kappa shape index (κ2) is 9.64. The largest absolute Gasteiger partial charge is 0.326 e. The van der Waals surface area contributed by atoms with Crippen LogP contribution >= 0.6 is 0 Å². The topological polar surface area (TPSA) is 43.1 Å². The summed E-state index contributed by atoms with van der Waals surface area (Å²) in [6.07, 6.45) is 11.1. The van der Waals surface area contributed by atoms with E-state index in [-0.39, 0.29) is 5.54 Å². The lowest BCUT2D eigenvalue weighted by atomic mass is 9.96. The van der Waals surface area contributed by atoms with Gasteiger partial charge in [-0.25, -0.2) is 0 Å². The van der Waals surface area contributed by atoms with Gasteiger partial charge in [0.25, 0.3) is 0 Å². The Morgan fingerprint density at radius 1 is 0.941 bits per heavy atom. The maximum atomic E-state index is 11.6. The van der Waals surface area contributed by atoms with Gasteiger partial charge >= 0.3 is 0 Å². The van der Waals surface area contributed by atoms with E-state index in [0.29, 0.717) is 12.2 Å². The molecule has 0 fully saturated rings. The minimum absolute atomic E-state index is 0.199. The number of nitrogens with two attached hydrogens (primary N) is 1. The normalized spacial score (nSPS) is 11.8. The molecular weight excluding hydrogens is 210 g/mol. The number of rotatable bonds is 11. The molecule has 0 saturated carbocycles. The van der Waals surface area contributed by atoms with Crippen LogP contribution in [0.3, 0.4) is 0 Å². The third-order valence-corrected chi connectivity index (χ3v) is 3.11. The van der Waals surface area contributed by atoms with Crippen molar-refractivity contribution in [2.24, 2.45) is 5.73 Å². The number of carbonyl (C=O) groups excluding carboxylic acids is 1. The maximum Gasteiger partial charge on any atom is 0.132 e. The summed E-state index contributed by atoms with van der Waals surface area (Å²) >= 11 is 0. The Hall–Kier alpha value is -0.370. The van der Waals surface area contributed by atoms with Gasteiger partial charge in [0.05, 0.1) is 0 Å². The molecule has 102 valence electrons. The van der Waals surface area contributed by atoms with Crippen LogP contribution in [0.25, 0.3) is 0 Å². The number of hydrogen-bond acceptors (Lipinski definition) is 2. The van der Waals surface area contributed by atoms with Gasteiger partial charge in [0.2, 0.25) is 0 Å². The first kappa shape index (κ1) is 16.6. The van der Waals surface area contributed by atoms with Crippen molar-refractivity contribution in [1.29, 1.82) is 0 Å². The molecule has 0 amide bonds. The molecule has 0 bridgehead atoms. The van der Waals surface area contributed by atoms with Crippen LogP contribution in [-0.4, -0.2) is 11.3 Å². The summed E-state index contributed by atoms with van der Waals surface area (Å²) in [5, 5.41) is 0. The van der Waals surface area contributed by atoms with E-state index in [4.69, 9.17) is 5.73 Å². The fraction of sp³-hybridized carbons (Fsp3) is 0.933. The van der Waals surface area contributed by atoms with Crippen LogP contribution in [0.4, 0.5) is 0 Å².